The highest BCUT2D eigenvalue weighted by Gasteiger charge is 2.32. The number of methoxy groups -OCH3 is 1. The van der Waals surface area contributed by atoms with Gasteiger partial charge in [-0.3, -0.25) is 4.40 Å². The first kappa shape index (κ1) is 13.6. The summed E-state index contributed by atoms with van der Waals surface area (Å²) in [5.74, 6) is 3.93. The minimum atomic E-state index is -0.0885. The van der Waals surface area contributed by atoms with Crippen molar-refractivity contribution in [2.24, 2.45) is 0 Å². The van der Waals surface area contributed by atoms with Gasteiger partial charge in [-0.15, -0.1) is 10.2 Å². The average Bonchev–Trinajstić information content (AvgIpc) is 2.88. The zero-order valence-corrected chi connectivity index (χ0v) is 12.6. The van der Waals surface area contributed by atoms with Gasteiger partial charge in [0.15, 0.2) is 5.82 Å². The molecule has 3 rings (SSSR count). The monoisotopic (exact) mass is 293 g/mol. The van der Waals surface area contributed by atoms with Crippen molar-refractivity contribution in [1.29, 1.82) is 0 Å². The highest BCUT2D eigenvalue weighted by molar-refractivity contribution is 7.99. The van der Waals surface area contributed by atoms with Gasteiger partial charge in [-0.25, -0.2) is 4.98 Å². The van der Waals surface area contributed by atoms with E-state index in [2.05, 4.69) is 20.5 Å². The van der Waals surface area contributed by atoms with Gasteiger partial charge < -0.3 is 10.1 Å². The van der Waals surface area contributed by atoms with Crippen LogP contribution in [0, 0.1) is 6.92 Å². The van der Waals surface area contributed by atoms with E-state index in [-0.39, 0.29) is 5.60 Å². The van der Waals surface area contributed by atoms with Crippen LogP contribution in [0.1, 0.15) is 18.7 Å². The molecule has 0 bridgehead atoms. The third-order valence-corrected chi connectivity index (χ3v) is 4.90. The van der Waals surface area contributed by atoms with E-state index in [0.717, 1.165) is 48.2 Å². The second-order valence-corrected chi connectivity index (χ2v) is 6.29. The molecule has 7 heteroatoms. The fourth-order valence-electron chi connectivity index (χ4n) is 2.51. The quantitative estimate of drug-likeness (QED) is 0.926. The van der Waals surface area contributed by atoms with Gasteiger partial charge in [0.25, 0.3) is 0 Å². The van der Waals surface area contributed by atoms with Crippen LogP contribution in [-0.4, -0.2) is 50.3 Å². The molecule has 1 N–H and O–H groups in total. The molecule has 108 valence electrons. The average molecular weight is 293 g/mol. The topological polar surface area (TPSA) is 64.3 Å². The van der Waals surface area contributed by atoms with E-state index in [1.54, 1.807) is 13.3 Å². The first-order valence-electron chi connectivity index (χ1n) is 6.77. The normalized spacial score (nSPS) is 18.3. The summed E-state index contributed by atoms with van der Waals surface area (Å²) in [4.78, 5) is 4.37. The Morgan fingerprint density at radius 2 is 2.20 bits per heavy atom. The Bertz CT molecular complexity index is 593. The van der Waals surface area contributed by atoms with Gasteiger partial charge in [-0.2, -0.15) is 11.8 Å². The molecule has 2 aromatic heterocycles. The molecule has 0 amide bonds. The van der Waals surface area contributed by atoms with Crippen LogP contribution in [-0.2, 0) is 4.74 Å². The Balaban J connectivity index is 1.79. The van der Waals surface area contributed by atoms with Gasteiger partial charge >= 0.3 is 0 Å². The summed E-state index contributed by atoms with van der Waals surface area (Å²) in [5.41, 5.74) is 0.677. The number of aryl methyl sites for hydroxylation is 1. The van der Waals surface area contributed by atoms with E-state index >= 15 is 0 Å². The molecule has 3 heterocycles. The molecule has 0 atom stereocenters. The van der Waals surface area contributed by atoms with Gasteiger partial charge in [0.05, 0.1) is 5.60 Å². The van der Waals surface area contributed by atoms with Crippen LogP contribution in [0.15, 0.2) is 12.4 Å². The number of hydrogen-bond acceptors (Lipinski definition) is 6. The predicted molar refractivity (Wildman–Crippen MR) is 80.3 cm³/mol. The van der Waals surface area contributed by atoms with E-state index in [1.165, 1.54) is 0 Å². The Labute approximate surface area is 122 Å². The van der Waals surface area contributed by atoms with Crippen molar-refractivity contribution >= 4 is 23.2 Å². The lowest BCUT2D eigenvalue weighted by Crippen LogP contribution is -2.42. The Morgan fingerprint density at radius 1 is 1.40 bits per heavy atom. The van der Waals surface area contributed by atoms with E-state index < -0.39 is 0 Å². The maximum Gasteiger partial charge on any atom is 0.203 e. The Morgan fingerprint density at radius 3 is 2.95 bits per heavy atom. The third-order valence-electron chi connectivity index (χ3n) is 3.91. The van der Waals surface area contributed by atoms with Gasteiger partial charge in [-0.1, -0.05) is 0 Å². The minimum Gasteiger partial charge on any atom is -0.376 e. The van der Waals surface area contributed by atoms with Crippen LogP contribution >= 0.6 is 11.8 Å². The molecule has 0 unspecified atom stereocenters. The molecular weight excluding hydrogens is 274 g/mol. The maximum atomic E-state index is 5.77. The van der Waals surface area contributed by atoms with Crippen molar-refractivity contribution in [3.8, 4) is 0 Å². The largest absolute Gasteiger partial charge is 0.376 e. The zero-order chi connectivity index (χ0) is 14.0. The molecule has 1 aliphatic rings. The van der Waals surface area contributed by atoms with E-state index in [1.807, 2.05) is 29.3 Å². The summed E-state index contributed by atoms with van der Waals surface area (Å²) >= 11 is 1.99. The number of ether oxygens (including phenoxy) is 1. The Hall–Kier alpha value is -1.34. The van der Waals surface area contributed by atoms with Gasteiger partial charge in [-0.05, 0) is 31.3 Å². The number of hydrogen-bond donors (Lipinski definition) is 1. The molecule has 20 heavy (non-hydrogen) atoms. The number of nitrogens with zero attached hydrogens (tertiary/aromatic N) is 4. The maximum absolute atomic E-state index is 5.77. The summed E-state index contributed by atoms with van der Waals surface area (Å²) < 4.78 is 7.71. The van der Waals surface area contributed by atoms with Crippen LogP contribution in [0.5, 0.6) is 0 Å². The lowest BCUT2D eigenvalue weighted by atomic mass is 9.96. The van der Waals surface area contributed by atoms with E-state index in [4.69, 9.17) is 4.74 Å². The summed E-state index contributed by atoms with van der Waals surface area (Å²) in [7, 11) is 1.80. The molecule has 1 saturated heterocycles. The van der Waals surface area contributed by atoms with Gasteiger partial charge in [0.2, 0.25) is 5.65 Å². The zero-order valence-electron chi connectivity index (χ0n) is 11.8. The lowest BCUT2D eigenvalue weighted by Gasteiger charge is -2.35. The first-order valence-corrected chi connectivity index (χ1v) is 7.93. The molecule has 6 nitrogen and oxygen atoms in total. The van der Waals surface area contributed by atoms with Crippen molar-refractivity contribution < 1.29 is 4.74 Å². The number of fused-ring (bicyclic) bond motifs is 1. The van der Waals surface area contributed by atoms with Gasteiger partial charge in [0.1, 0.15) is 5.82 Å². The molecule has 0 aliphatic carbocycles. The SMILES string of the molecule is COC1(CNc2nccn3c(C)nnc23)CCSCC1. The number of nitrogens with one attached hydrogen (secondary N) is 1. The number of rotatable bonds is 4. The van der Waals surface area contributed by atoms with Crippen molar-refractivity contribution in [3.05, 3.63) is 18.2 Å². The van der Waals surface area contributed by atoms with Crippen LogP contribution in [0.3, 0.4) is 0 Å². The molecule has 1 fully saturated rings. The summed E-state index contributed by atoms with van der Waals surface area (Å²) in [6.45, 7) is 2.68. The number of thioether (sulfide) groups is 1. The fraction of sp³-hybridized carbons (Fsp3) is 0.615. The number of aromatic nitrogens is 4. The highest BCUT2D eigenvalue weighted by atomic mass is 32.2. The molecule has 0 spiro atoms. The molecule has 2 aromatic rings. The highest BCUT2D eigenvalue weighted by Crippen LogP contribution is 2.30. The van der Waals surface area contributed by atoms with Crippen molar-refractivity contribution in [2.45, 2.75) is 25.4 Å². The molecule has 0 aromatic carbocycles. The van der Waals surface area contributed by atoms with Crippen LogP contribution in [0.4, 0.5) is 5.82 Å². The Kier molecular flexibility index (Phi) is 3.80. The molecule has 0 radical (unpaired) electrons. The summed E-state index contributed by atoms with van der Waals surface area (Å²) in [5, 5.41) is 11.7. The second-order valence-electron chi connectivity index (χ2n) is 5.07. The number of anilines is 1. The van der Waals surface area contributed by atoms with Crippen LogP contribution in [0.2, 0.25) is 0 Å². The predicted octanol–water partition coefficient (Wildman–Crippen LogP) is 1.76. The molecule has 1 aliphatic heterocycles. The van der Waals surface area contributed by atoms with Gasteiger partial charge in [0, 0.05) is 26.0 Å². The lowest BCUT2D eigenvalue weighted by molar-refractivity contribution is -0.00552. The van der Waals surface area contributed by atoms with Crippen molar-refractivity contribution in [2.75, 3.05) is 30.5 Å². The van der Waals surface area contributed by atoms with Crippen molar-refractivity contribution in [3.63, 3.8) is 0 Å². The smallest absolute Gasteiger partial charge is 0.203 e. The van der Waals surface area contributed by atoms with Crippen molar-refractivity contribution in [1.82, 2.24) is 19.6 Å². The molecule has 0 saturated carbocycles. The summed E-state index contributed by atoms with van der Waals surface area (Å²) in [6, 6.07) is 0. The van der Waals surface area contributed by atoms with E-state index in [9.17, 15) is 0 Å². The fourth-order valence-corrected chi connectivity index (χ4v) is 3.74. The van der Waals surface area contributed by atoms with E-state index in [0.29, 0.717) is 0 Å². The van der Waals surface area contributed by atoms with Crippen LogP contribution < -0.4 is 5.32 Å². The molecular formula is C13H19N5OS. The second kappa shape index (κ2) is 5.57. The minimum absolute atomic E-state index is 0.0885. The standard InChI is InChI=1S/C13H19N5OS/c1-10-16-17-12-11(14-5-6-18(10)12)15-9-13(19-2)3-7-20-8-4-13/h5-6H,3-4,7-9H2,1-2H3,(H,14,15). The first-order chi connectivity index (χ1) is 9.74. The summed E-state index contributed by atoms with van der Waals surface area (Å²) in [6.07, 6.45) is 5.77. The van der Waals surface area contributed by atoms with Crippen LogP contribution in [0.25, 0.3) is 5.65 Å². The third kappa shape index (κ3) is 2.47.